The lowest BCUT2D eigenvalue weighted by atomic mass is 10.1. The van der Waals surface area contributed by atoms with Gasteiger partial charge in [0.05, 0.1) is 12.7 Å². The van der Waals surface area contributed by atoms with Crippen molar-refractivity contribution in [2.45, 2.75) is 6.61 Å². The molecular formula is C12H11BrO3. The Kier molecular flexibility index (Phi) is 3.31. The Hall–Kier alpha value is -1.26. The van der Waals surface area contributed by atoms with Crippen molar-refractivity contribution in [1.29, 1.82) is 0 Å². The Morgan fingerprint density at radius 2 is 2.12 bits per heavy atom. The van der Waals surface area contributed by atoms with Gasteiger partial charge in [-0.1, -0.05) is 15.9 Å². The zero-order chi connectivity index (χ0) is 11.5. The SMILES string of the molecule is COc1cc(Br)ccc1-c1ccc(CO)o1. The van der Waals surface area contributed by atoms with E-state index in [1.807, 2.05) is 24.3 Å². The molecule has 4 heteroatoms. The molecule has 1 aromatic heterocycles. The number of hydrogen-bond acceptors (Lipinski definition) is 3. The largest absolute Gasteiger partial charge is 0.496 e. The van der Waals surface area contributed by atoms with Crippen LogP contribution in [0.2, 0.25) is 0 Å². The summed E-state index contributed by atoms with van der Waals surface area (Å²) in [5.41, 5.74) is 0.866. The summed E-state index contributed by atoms with van der Waals surface area (Å²) in [6.07, 6.45) is 0. The average molecular weight is 283 g/mol. The zero-order valence-electron chi connectivity index (χ0n) is 8.74. The topological polar surface area (TPSA) is 42.6 Å². The van der Waals surface area contributed by atoms with Crippen LogP contribution >= 0.6 is 15.9 Å². The number of methoxy groups -OCH3 is 1. The van der Waals surface area contributed by atoms with E-state index in [1.54, 1.807) is 13.2 Å². The smallest absolute Gasteiger partial charge is 0.138 e. The molecule has 0 aliphatic rings. The fraction of sp³-hybridized carbons (Fsp3) is 0.167. The monoisotopic (exact) mass is 282 g/mol. The van der Waals surface area contributed by atoms with Gasteiger partial charge in [-0.15, -0.1) is 0 Å². The van der Waals surface area contributed by atoms with E-state index >= 15 is 0 Å². The van der Waals surface area contributed by atoms with Crippen LogP contribution in [-0.4, -0.2) is 12.2 Å². The molecule has 0 saturated carbocycles. The number of aliphatic hydroxyl groups excluding tert-OH is 1. The molecule has 3 nitrogen and oxygen atoms in total. The van der Waals surface area contributed by atoms with Crippen LogP contribution in [0.15, 0.2) is 39.2 Å². The van der Waals surface area contributed by atoms with Gasteiger partial charge >= 0.3 is 0 Å². The molecule has 84 valence electrons. The minimum absolute atomic E-state index is 0.0984. The van der Waals surface area contributed by atoms with Gasteiger partial charge in [0.15, 0.2) is 0 Å². The lowest BCUT2D eigenvalue weighted by Gasteiger charge is -2.06. The summed E-state index contributed by atoms with van der Waals surface area (Å²) in [5.74, 6) is 1.96. The lowest BCUT2D eigenvalue weighted by molar-refractivity contribution is 0.248. The van der Waals surface area contributed by atoms with Gasteiger partial charge in [0, 0.05) is 4.47 Å². The van der Waals surface area contributed by atoms with Gasteiger partial charge in [0.1, 0.15) is 23.9 Å². The fourth-order valence-corrected chi connectivity index (χ4v) is 1.82. The van der Waals surface area contributed by atoms with Crippen LogP contribution in [0.3, 0.4) is 0 Å². The Morgan fingerprint density at radius 1 is 1.31 bits per heavy atom. The molecule has 0 spiro atoms. The van der Waals surface area contributed by atoms with Crippen LogP contribution in [0.5, 0.6) is 5.75 Å². The van der Waals surface area contributed by atoms with E-state index in [-0.39, 0.29) is 6.61 Å². The first-order valence-corrected chi connectivity index (χ1v) is 5.57. The summed E-state index contributed by atoms with van der Waals surface area (Å²) < 4.78 is 11.7. The molecule has 16 heavy (non-hydrogen) atoms. The van der Waals surface area contributed by atoms with E-state index in [1.165, 1.54) is 0 Å². The highest BCUT2D eigenvalue weighted by Gasteiger charge is 2.10. The molecule has 0 atom stereocenters. The number of halogens is 1. The molecule has 2 aromatic rings. The highest BCUT2D eigenvalue weighted by atomic mass is 79.9. The Balaban J connectivity index is 2.46. The third-order valence-electron chi connectivity index (χ3n) is 2.25. The Bertz CT molecular complexity index is 491. The van der Waals surface area contributed by atoms with Gasteiger partial charge in [-0.05, 0) is 30.3 Å². The first-order chi connectivity index (χ1) is 7.74. The first kappa shape index (κ1) is 11.2. The predicted octanol–water partition coefficient (Wildman–Crippen LogP) is 3.21. The second kappa shape index (κ2) is 4.72. The second-order valence-electron chi connectivity index (χ2n) is 3.27. The average Bonchev–Trinajstić information content (AvgIpc) is 2.77. The molecule has 0 aliphatic heterocycles. The van der Waals surface area contributed by atoms with Crippen molar-refractivity contribution < 1.29 is 14.3 Å². The number of benzene rings is 1. The molecular weight excluding hydrogens is 272 g/mol. The maximum absolute atomic E-state index is 8.94. The summed E-state index contributed by atoms with van der Waals surface area (Å²) in [7, 11) is 1.61. The fourth-order valence-electron chi connectivity index (χ4n) is 1.48. The van der Waals surface area contributed by atoms with E-state index in [2.05, 4.69) is 15.9 Å². The minimum atomic E-state index is -0.0984. The van der Waals surface area contributed by atoms with Crippen LogP contribution in [-0.2, 0) is 6.61 Å². The third-order valence-corrected chi connectivity index (χ3v) is 2.74. The lowest BCUT2D eigenvalue weighted by Crippen LogP contribution is -1.86. The molecule has 0 aliphatic carbocycles. The van der Waals surface area contributed by atoms with Crippen LogP contribution < -0.4 is 4.74 Å². The number of hydrogen-bond donors (Lipinski definition) is 1. The van der Waals surface area contributed by atoms with Gasteiger partial charge in [0.25, 0.3) is 0 Å². The second-order valence-corrected chi connectivity index (χ2v) is 4.18. The van der Waals surface area contributed by atoms with Crippen LogP contribution in [0.4, 0.5) is 0 Å². The zero-order valence-corrected chi connectivity index (χ0v) is 10.3. The molecule has 0 unspecified atom stereocenters. The van der Waals surface area contributed by atoms with Gasteiger partial charge in [-0.25, -0.2) is 0 Å². The minimum Gasteiger partial charge on any atom is -0.496 e. The number of furan rings is 1. The van der Waals surface area contributed by atoms with Gasteiger partial charge in [-0.3, -0.25) is 0 Å². The van der Waals surface area contributed by atoms with E-state index < -0.39 is 0 Å². The van der Waals surface area contributed by atoms with E-state index in [4.69, 9.17) is 14.3 Å². The van der Waals surface area contributed by atoms with Gasteiger partial charge in [-0.2, -0.15) is 0 Å². The summed E-state index contributed by atoms with van der Waals surface area (Å²) in [6.45, 7) is -0.0984. The Morgan fingerprint density at radius 3 is 2.75 bits per heavy atom. The van der Waals surface area contributed by atoms with E-state index in [0.29, 0.717) is 11.5 Å². The van der Waals surface area contributed by atoms with Crippen LogP contribution in [0, 0.1) is 0 Å². The van der Waals surface area contributed by atoms with Crippen molar-refractivity contribution in [1.82, 2.24) is 0 Å². The molecule has 0 fully saturated rings. The standard InChI is InChI=1S/C12H11BrO3/c1-15-12-6-8(13)2-4-10(12)11-5-3-9(7-14)16-11/h2-6,14H,7H2,1H3. The van der Waals surface area contributed by atoms with E-state index in [9.17, 15) is 0 Å². The Labute approximate surface area is 102 Å². The third kappa shape index (κ3) is 2.13. The summed E-state index contributed by atoms with van der Waals surface area (Å²) in [4.78, 5) is 0. The molecule has 1 N–H and O–H groups in total. The summed E-state index contributed by atoms with van der Waals surface area (Å²) in [6, 6.07) is 9.26. The molecule has 1 aromatic carbocycles. The molecule has 0 radical (unpaired) electrons. The molecule has 0 bridgehead atoms. The van der Waals surface area contributed by atoms with Crippen LogP contribution in [0.25, 0.3) is 11.3 Å². The number of ether oxygens (including phenoxy) is 1. The maximum atomic E-state index is 8.94. The highest BCUT2D eigenvalue weighted by Crippen LogP contribution is 2.33. The summed E-state index contributed by atoms with van der Waals surface area (Å²) in [5, 5.41) is 8.94. The predicted molar refractivity (Wildman–Crippen MR) is 64.3 cm³/mol. The van der Waals surface area contributed by atoms with Crippen molar-refractivity contribution >= 4 is 15.9 Å². The van der Waals surface area contributed by atoms with E-state index in [0.717, 1.165) is 15.8 Å². The molecule has 1 heterocycles. The normalized spacial score (nSPS) is 10.4. The van der Waals surface area contributed by atoms with Gasteiger partial charge < -0.3 is 14.3 Å². The molecule has 2 rings (SSSR count). The first-order valence-electron chi connectivity index (χ1n) is 4.78. The van der Waals surface area contributed by atoms with Crippen molar-refractivity contribution in [3.05, 3.63) is 40.6 Å². The van der Waals surface area contributed by atoms with Crippen molar-refractivity contribution in [2.24, 2.45) is 0 Å². The maximum Gasteiger partial charge on any atom is 0.138 e. The number of aliphatic hydroxyl groups is 1. The molecule has 0 amide bonds. The number of rotatable bonds is 3. The van der Waals surface area contributed by atoms with Gasteiger partial charge in [0.2, 0.25) is 0 Å². The van der Waals surface area contributed by atoms with Crippen molar-refractivity contribution in [2.75, 3.05) is 7.11 Å². The summed E-state index contributed by atoms with van der Waals surface area (Å²) >= 11 is 3.38. The van der Waals surface area contributed by atoms with Crippen molar-refractivity contribution in [3.63, 3.8) is 0 Å². The van der Waals surface area contributed by atoms with Crippen molar-refractivity contribution in [3.8, 4) is 17.1 Å². The van der Waals surface area contributed by atoms with Crippen LogP contribution in [0.1, 0.15) is 5.76 Å². The molecule has 0 saturated heterocycles. The quantitative estimate of drug-likeness (QED) is 0.940. The highest BCUT2D eigenvalue weighted by molar-refractivity contribution is 9.10.